The van der Waals surface area contributed by atoms with Gasteiger partial charge in [0.15, 0.2) is 0 Å². The van der Waals surface area contributed by atoms with Crippen molar-refractivity contribution in [1.82, 2.24) is 10.3 Å². The topological polar surface area (TPSA) is 34.1 Å². The fourth-order valence-electron chi connectivity index (χ4n) is 2.66. The Bertz CT molecular complexity index is 492. The second-order valence-electron chi connectivity index (χ2n) is 4.77. The summed E-state index contributed by atoms with van der Waals surface area (Å²) in [5.41, 5.74) is 1.11. The van der Waals surface area contributed by atoms with Crippen molar-refractivity contribution < 1.29 is 4.74 Å². The fraction of sp³-hybridized carbons (Fsp3) is 0.500. The molecule has 1 saturated carbocycles. The van der Waals surface area contributed by atoms with Crippen LogP contribution in [0.3, 0.4) is 0 Å². The minimum Gasteiger partial charge on any atom is -0.380 e. The van der Waals surface area contributed by atoms with Crippen molar-refractivity contribution in [2.45, 2.75) is 38.0 Å². The van der Waals surface area contributed by atoms with E-state index in [-0.39, 0.29) is 0 Å². The zero-order valence-electron chi connectivity index (χ0n) is 10.6. The number of benzene rings is 1. The summed E-state index contributed by atoms with van der Waals surface area (Å²) in [6, 6.07) is 8.79. The molecule has 1 aliphatic carbocycles. The van der Waals surface area contributed by atoms with E-state index in [4.69, 9.17) is 4.74 Å². The number of ether oxygens (including phenoxy) is 1. The van der Waals surface area contributed by atoms with E-state index in [1.807, 2.05) is 13.2 Å². The highest BCUT2D eigenvalue weighted by atomic mass is 32.1. The fourth-order valence-corrected chi connectivity index (χ4v) is 3.57. The van der Waals surface area contributed by atoms with Crippen LogP contribution in [0.15, 0.2) is 24.3 Å². The number of para-hydroxylation sites is 1. The van der Waals surface area contributed by atoms with E-state index in [9.17, 15) is 0 Å². The zero-order valence-corrected chi connectivity index (χ0v) is 11.4. The Hall–Kier alpha value is -0.970. The second-order valence-corrected chi connectivity index (χ2v) is 5.88. The summed E-state index contributed by atoms with van der Waals surface area (Å²) in [7, 11) is 1.81. The van der Waals surface area contributed by atoms with Crippen LogP contribution in [0, 0.1) is 0 Å². The number of hydrogen-bond donors (Lipinski definition) is 1. The third-order valence-electron chi connectivity index (χ3n) is 3.61. The van der Waals surface area contributed by atoms with Crippen LogP contribution < -0.4 is 5.32 Å². The summed E-state index contributed by atoms with van der Waals surface area (Å²) in [4.78, 5) is 4.64. The van der Waals surface area contributed by atoms with Gasteiger partial charge in [-0.25, -0.2) is 4.98 Å². The van der Waals surface area contributed by atoms with Crippen LogP contribution in [-0.4, -0.2) is 24.2 Å². The molecular formula is C14H18N2OS. The maximum atomic E-state index is 5.49. The molecular weight excluding hydrogens is 244 g/mol. The quantitative estimate of drug-likeness (QED) is 0.920. The molecule has 2 aromatic rings. The molecule has 2 unspecified atom stereocenters. The lowest BCUT2D eigenvalue weighted by Crippen LogP contribution is -2.36. The van der Waals surface area contributed by atoms with Gasteiger partial charge in [-0.3, -0.25) is 0 Å². The van der Waals surface area contributed by atoms with Crippen molar-refractivity contribution >= 4 is 21.6 Å². The summed E-state index contributed by atoms with van der Waals surface area (Å²) in [6.45, 7) is 0.851. The minimum absolute atomic E-state index is 0.374. The summed E-state index contributed by atoms with van der Waals surface area (Å²) < 4.78 is 6.76. The van der Waals surface area contributed by atoms with Gasteiger partial charge in [-0.1, -0.05) is 12.1 Å². The lowest BCUT2D eigenvalue weighted by Gasteiger charge is -2.18. The van der Waals surface area contributed by atoms with Gasteiger partial charge in [0, 0.05) is 19.7 Å². The van der Waals surface area contributed by atoms with Crippen LogP contribution >= 0.6 is 11.3 Å². The lowest BCUT2D eigenvalue weighted by atomic mass is 10.2. The maximum absolute atomic E-state index is 5.49. The third kappa shape index (κ3) is 2.41. The van der Waals surface area contributed by atoms with E-state index in [0.717, 1.165) is 17.1 Å². The summed E-state index contributed by atoms with van der Waals surface area (Å²) in [5, 5.41) is 4.75. The molecule has 0 spiro atoms. The molecule has 1 heterocycles. The molecule has 0 amide bonds. The first kappa shape index (κ1) is 12.1. The van der Waals surface area contributed by atoms with Crippen LogP contribution in [0.2, 0.25) is 0 Å². The molecule has 1 aromatic heterocycles. The van der Waals surface area contributed by atoms with Crippen LogP contribution in [0.25, 0.3) is 10.2 Å². The number of nitrogens with one attached hydrogen (secondary N) is 1. The Balaban J connectivity index is 1.66. The highest BCUT2D eigenvalue weighted by molar-refractivity contribution is 7.18. The molecule has 1 N–H and O–H groups in total. The molecule has 3 nitrogen and oxygen atoms in total. The second kappa shape index (κ2) is 5.34. The number of fused-ring (bicyclic) bond motifs is 1. The van der Waals surface area contributed by atoms with Gasteiger partial charge in [-0.2, -0.15) is 0 Å². The van der Waals surface area contributed by atoms with Crippen LogP contribution in [0.5, 0.6) is 0 Å². The van der Waals surface area contributed by atoms with Gasteiger partial charge in [0.2, 0.25) is 0 Å². The summed E-state index contributed by atoms with van der Waals surface area (Å²) >= 11 is 1.78. The SMILES string of the molecule is COC1CCCC1NCc1nc2ccccc2s1. The standard InChI is InChI=1S/C14H18N2OS/c1-17-12-7-4-6-10(12)15-9-14-16-11-5-2-3-8-13(11)18-14/h2-3,5,8,10,12,15H,4,6-7,9H2,1H3. The van der Waals surface area contributed by atoms with Gasteiger partial charge in [-0.15, -0.1) is 11.3 Å². The van der Waals surface area contributed by atoms with Crippen LogP contribution in [-0.2, 0) is 11.3 Å². The van der Waals surface area contributed by atoms with Gasteiger partial charge < -0.3 is 10.1 Å². The van der Waals surface area contributed by atoms with E-state index in [2.05, 4.69) is 28.5 Å². The van der Waals surface area contributed by atoms with Crippen molar-refractivity contribution in [2.75, 3.05) is 7.11 Å². The molecule has 0 saturated heterocycles. The van der Waals surface area contributed by atoms with Crippen molar-refractivity contribution in [2.24, 2.45) is 0 Å². The van der Waals surface area contributed by atoms with Gasteiger partial charge in [0.25, 0.3) is 0 Å². The third-order valence-corrected chi connectivity index (χ3v) is 4.65. The molecule has 1 aliphatic rings. The predicted molar refractivity (Wildman–Crippen MR) is 74.9 cm³/mol. The molecule has 3 rings (SSSR count). The monoisotopic (exact) mass is 262 g/mol. The van der Waals surface area contributed by atoms with Crippen molar-refractivity contribution in [3.8, 4) is 0 Å². The molecule has 0 bridgehead atoms. The first-order valence-electron chi connectivity index (χ1n) is 6.47. The van der Waals surface area contributed by atoms with Crippen molar-refractivity contribution in [3.63, 3.8) is 0 Å². The number of aromatic nitrogens is 1. The highest BCUT2D eigenvalue weighted by Gasteiger charge is 2.26. The molecule has 0 radical (unpaired) electrons. The normalized spacial score (nSPS) is 23.8. The molecule has 1 fully saturated rings. The Morgan fingerprint density at radius 2 is 2.28 bits per heavy atom. The van der Waals surface area contributed by atoms with Gasteiger partial charge in [0.1, 0.15) is 5.01 Å². The largest absolute Gasteiger partial charge is 0.380 e. The van der Waals surface area contributed by atoms with Crippen molar-refractivity contribution in [1.29, 1.82) is 0 Å². The maximum Gasteiger partial charge on any atom is 0.108 e. The highest BCUT2D eigenvalue weighted by Crippen LogP contribution is 2.24. The van der Waals surface area contributed by atoms with E-state index in [0.29, 0.717) is 12.1 Å². The Morgan fingerprint density at radius 1 is 1.39 bits per heavy atom. The number of hydrogen-bond acceptors (Lipinski definition) is 4. The van der Waals surface area contributed by atoms with E-state index >= 15 is 0 Å². The number of rotatable bonds is 4. The first-order chi connectivity index (χ1) is 8.86. The van der Waals surface area contributed by atoms with Crippen LogP contribution in [0.4, 0.5) is 0 Å². The Kier molecular flexibility index (Phi) is 3.59. The average molecular weight is 262 g/mol. The number of nitrogens with zero attached hydrogens (tertiary/aromatic N) is 1. The van der Waals surface area contributed by atoms with Gasteiger partial charge >= 0.3 is 0 Å². The first-order valence-corrected chi connectivity index (χ1v) is 7.29. The van der Waals surface area contributed by atoms with Crippen molar-refractivity contribution in [3.05, 3.63) is 29.3 Å². The Labute approximate surface area is 111 Å². The smallest absolute Gasteiger partial charge is 0.108 e. The minimum atomic E-state index is 0.374. The molecule has 96 valence electrons. The molecule has 4 heteroatoms. The summed E-state index contributed by atoms with van der Waals surface area (Å²) in [5.74, 6) is 0. The molecule has 2 atom stereocenters. The zero-order chi connectivity index (χ0) is 12.4. The molecule has 18 heavy (non-hydrogen) atoms. The molecule has 1 aromatic carbocycles. The number of thiazole rings is 1. The van der Waals surface area contributed by atoms with Crippen LogP contribution in [0.1, 0.15) is 24.3 Å². The number of methoxy groups -OCH3 is 1. The summed E-state index contributed by atoms with van der Waals surface area (Å²) in [6.07, 6.45) is 4.02. The van der Waals surface area contributed by atoms with E-state index in [1.165, 1.54) is 24.0 Å². The lowest BCUT2D eigenvalue weighted by molar-refractivity contribution is 0.0847. The molecule has 0 aliphatic heterocycles. The van der Waals surface area contributed by atoms with E-state index in [1.54, 1.807) is 11.3 Å². The van der Waals surface area contributed by atoms with Gasteiger partial charge in [-0.05, 0) is 31.4 Å². The van der Waals surface area contributed by atoms with Gasteiger partial charge in [0.05, 0.1) is 16.3 Å². The average Bonchev–Trinajstić information content (AvgIpc) is 3.01. The van der Waals surface area contributed by atoms with E-state index < -0.39 is 0 Å². The predicted octanol–water partition coefficient (Wildman–Crippen LogP) is 2.95. The Morgan fingerprint density at radius 3 is 3.11 bits per heavy atom.